The van der Waals surface area contributed by atoms with Gasteiger partial charge in [-0.2, -0.15) is 5.06 Å². The number of nitrogens with zero attached hydrogens (tertiary/aromatic N) is 3. The number of rotatable bonds is 16. The highest BCUT2D eigenvalue weighted by Gasteiger charge is 2.77. The zero-order chi connectivity index (χ0) is 37.0. The third-order valence-corrected chi connectivity index (χ3v) is 11.3. The molecule has 52 heavy (non-hydrogen) atoms. The Bertz CT molecular complexity index is 1490. The Labute approximate surface area is 306 Å². The second-order valence-corrected chi connectivity index (χ2v) is 15.2. The lowest BCUT2D eigenvalue weighted by atomic mass is 9.62. The summed E-state index contributed by atoms with van der Waals surface area (Å²) in [6.45, 7) is 4.71. The first-order valence-corrected chi connectivity index (χ1v) is 19.2. The summed E-state index contributed by atoms with van der Waals surface area (Å²) in [5.41, 5.74) is 0.224. The molecule has 2 N–H and O–H groups in total. The predicted octanol–water partition coefficient (Wildman–Crippen LogP) is 3.33. The normalized spacial score (nSPS) is 30.4. The average molecular weight is 725 g/mol. The lowest BCUT2D eigenvalue weighted by Gasteiger charge is -2.50. The Morgan fingerprint density at radius 1 is 1.06 bits per heavy atom. The molecular formula is C39H56N4O9. The topological polar surface area (TPSA) is 147 Å². The number of fused-ring (bicyclic) bond motifs is 4. The molecular weight excluding hydrogens is 668 g/mol. The Morgan fingerprint density at radius 3 is 2.48 bits per heavy atom. The summed E-state index contributed by atoms with van der Waals surface area (Å²) in [4.78, 5) is 64.9. The summed E-state index contributed by atoms with van der Waals surface area (Å²) < 4.78 is 20.1. The van der Waals surface area contributed by atoms with Crippen molar-refractivity contribution >= 4 is 29.8 Å². The number of hydrogen-bond acceptors (Lipinski definition) is 10. The third-order valence-electron chi connectivity index (χ3n) is 11.3. The van der Waals surface area contributed by atoms with Crippen LogP contribution in [0.4, 0.5) is 0 Å². The number of hydrogen-bond donors (Lipinski definition) is 2. The van der Waals surface area contributed by atoms with Gasteiger partial charge in [0.25, 0.3) is 0 Å². The molecule has 1 aromatic rings. The fourth-order valence-corrected chi connectivity index (χ4v) is 8.82. The number of ether oxygens (including phenoxy) is 3. The molecule has 1 aromatic carbocycles. The second-order valence-electron chi connectivity index (χ2n) is 15.2. The van der Waals surface area contributed by atoms with Gasteiger partial charge in [0.15, 0.2) is 11.8 Å². The Hall–Kier alpha value is -3.36. The van der Waals surface area contributed by atoms with Gasteiger partial charge in [-0.3, -0.25) is 24.0 Å². The van der Waals surface area contributed by atoms with E-state index in [1.54, 1.807) is 30.1 Å². The lowest BCUT2D eigenvalue weighted by molar-refractivity contribution is -0.225. The monoisotopic (exact) mass is 724 g/mol. The number of benzene rings is 1. The van der Waals surface area contributed by atoms with Gasteiger partial charge in [-0.25, -0.2) is 0 Å². The molecule has 0 radical (unpaired) electrons. The molecule has 3 amide bonds. The van der Waals surface area contributed by atoms with Crippen molar-refractivity contribution in [1.82, 2.24) is 20.2 Å². The summed E-state index contributed by atoms with van der Waals surface area (Å²) in [5, 5.41) is 13.7. The van der Waals surface area contributed by atoms with Crippen LogP contribution in [0.5, 0.6) is 0 Å². The number of hydroxylamine groups is 2. The van der Waals surface area contributed by atoms with E-state index < -0.39 is 53.7 Å². The molecule has 0 spiro atoms. The highest BCUT2D eigenvalue weighted by atomic mass is 16.8. The van der Waals surface area contributed by atoms with Gasteiger partial charge in [0, 0.05) is 52.5 Å². The van der Waals surface area contributed by atoms with Crippen molar-refractivity contribution < 1.29 is 43.3 Å². The fourth-order valence-electron chi connectivity index (χ4n) is 8.82. The van der Waals surface area contributed by atoms with Gasteiger partial charge in [-0.05, 0) is 42.9 Å². The summed E-state index contributed by atoms with van der Waals surface area (Å²) in [7, 11) is 3.38. The molecule has 5 aliphatic rings. The van der Waals surface area contributed by atoms with Crippen LogP contribution in [-0.4, -0.2) is 120 Å². The van der Waals surface area contributed by atoms with Crippen LogP contribution in [0.25, 0.3) is 6.08 Å². The molecule has 286 valence electrons. The minimum Gasteiger partial charge on any atom is -0.458 e. The van der Waals surface area contributed by atoms with E-state index in [4.69, 9.17) is 19.0 Å². The van der Waals surface area contributed by atoms with Gasteiger partial charge >= 0.3 is 5.97 Å². The number of carbonyl (C=O) groups excluding carboxylic acids is 4. The van der Waals surface area contributed by atoms with E-state index in [0.29, 0.717) is 32.2 Å². The zero-order valence-electron chi connectivity index (χ0n) is 31.1. The summed E-state index contributed by atoms with van der Waals surface area (Å²) in [6, 6.07) is 5.78. The third kappa shape index (κ3) is 7.39. The molecule has 7 atom stereocenters. The molecule has 4 heterocycles. The van der Waals surface area contributed by atoms with Crippen LogP contribution >= 0.6 is 0 Å². The van der Waals surface area contributed by atoms with Gasteiger partial charge in [0.1, 0.15) is 35.9 Å². The molecule has 5 fully saturated rings. The quantitative estimate of drug-likeness (QED) is 0.148. The number of unbranched alkanes of at least 4 members (excludes halogenated alkanes) is 4. The van der Waals surface area contributed by atoms with Crippen molar-refractivity contribution in [2.45, 2.75) is 133 Å². The molecule has 1 aliphatic carbocycles. The van der Waals surface area contributed by atoms with E-state index in [9.17, 15) is 19.5 Å². The Balaban J connectivity index is 1.36. The maximum Gasteiger partial charge on any atom is 0.327 e. The highest BCUT2D eigenvalue weighted by molar-refractivity contribution is 5.96. The smallest absolute Gasteiger partial charge is 0.327 e. The number of carbonyl (C=O) groups is 4. The Kier molecular flexibility index (Phi) is 12.1. The summed E-state index contributed by atoms with van der Waals surface area (Å²) in [6.07, 6.45) is 9.03. The van der Waals surface area contributed by atoms with E-state index in [-0.39, 0.29) is 43.8 Å². The van der Waals surface area contributed by atoms with Crippen LogP contribution in [-0.2, 0) is 44.8 Å². The molecule has 0 aromatic heterocycles. The second kappa shape index (κ2) is 16.3. The molecule has 4 aliphatic heterocycles. The van der Waals surface area contributed by atoms with Crippen molar-refractivity contribution in [3.05, 3.63) is 41.5 Å². The van der Waals surface area contributed by atoms with Gasteiger partial charge in [-0.1, -0.05) is 63.8 Å². The first-order chi connectivity index (χ1) is 25.1. The first kappa shape index (κ1) is 38.4. The number of aliphatic hydroxyl groups excluding tert-OH is 1. The molecule has 4 saturated heterocycles. The van der Waals surface area contributed by atoms with Crippen LogP contribution < -0.4 is 5.32 Å². The van der Waals surface area contributed by atoms with Gasteiger partial charge in [0.05, 0.1) is 13.2 Å². The zero-order valence-corrected chi connectivity index (χ0v) is 31.1. The van der Waals surface area contributed by atoms with Gasteiger partial charge in [0.2, 0.25) is 17.7 Å². The van der Waals surface area contributed by atoms with Crippen LogP contribution in [0.3, 0.4) is 0 Å². The van der Waals surface area contributed by atoms with E-state index in [1.807, 2.05) is 24.3 Å². The molecule has 6 rings (SSSR count). The van der Waals surface area contributed by atoms with Gasteiger partial charge in [-0.15, -0.1) is 0 Å². The number of esters is 1. The standard InChI is InChI=1S/C39H56N4O9/c1-5-7-9-18-38(19-10-8-6-2)50-31-29-24-39(37(48)42-21-12-15-28(42)35(46)40-20-22-44)33(36(47)49-29)43(52-34(39)32(31)51-38)25-27-14-11-13-26(23-27)16-17-30(45)41(3)4/h11,13-14,16-17,23,28-29,31-34,44H,5-10,12,15,18-22,24-25H2,1-4H3,(H,40,46)/t28-,29-,31+,32+,33+,34-,39+/m1/s1. The van der Waals surface area contributed by atoms with Crippen molar-refractivity contribution in [2.24, 2.45) is 5.41 Å². The number of likely N-dealkylation sites (N-methyl/N-ethyl adjacent to an activating group) is 1. The SMILES string of the molecule is CCCCCC1(CCCCC)O[C@@H]2[C@H](O1)[C@H]1ON(Cc3cccc(C=CC(=O)N(C)C)c3)[C@H]3C(=O)O[C@@H]2C[C@@]13C(=O)N1CCC[C@@H]1C(=O)NCCO. The molecule has 0 unspecified atom stereocenters. The fraction of sp³-hybridized carbons (Fsp3) is 0.692. The predicted molar refractivity (Wildman–Crippen MR) is 191 cm³/mol. The van der Waals surface area contributed by atoms with Crippen LogP contribution in [0.15, 0.2) is 30.3 Å². The summed E-state index contributed by atoms with van der Waals surface area (Å²) in [5.74, 6) is -2.23. The van der Waals surface area contributed by atoms with Crippen LogP contribution in [0.2, 0.25) is 0 Å². The van der Waals surface area contributed by atoms with Crippen molar-refractivity contribution in [3.63, 3.8) is 0 Å². The van der Waals surface area contributed by atoms with Crippen LogP contribution in [0, 0.1) is 5.41 Å². The van der Waals surface area contributed by atoms with E-state index in [2.05, 4.69) is 19.2 Å². The molecule has 1 saturated carbocycles. The van der Waals surface area contributed by atoms with E-state index >= 15 is 4.79 Å². The average Bonchev–Trinajstić information content (AvgIpc) is 3.86. The largest absolute Gasteiger partial charge is 0.458 e. The van der Waals surface area contributed by atoms with Crippen molar-refractivity contribution in [2.75, 3.05) is 33.8 Å². The minimum absolute atomic E-state index is 0.0870. The maximum atomic E-state index is 15.2. The minimum atomic E-state index is -1.39. The lowest BCUT2D eigenvalue weighted by Crippen LogP contribution is -2.70. The number of likely N-dealkylation sites (tertiary alicyclic amines) is 1. The van der Waals surface area contributed by atoms with Crippen molar-refractivity contribution in [3.8, 4) is 0 Å². The van der Waals surface area contributed by atoms with Crippen molar-refractivity contribution in [1.29, 1.82) is 0 Å². The number of aliphatic hydroxyl groups is 1. The van der Waals surface area contributed by atoms with Gasteiger partial charge < -0.3 is 34.4 Å². The molecule has 13 nitrogen and oxygen atoms in total. The van der Waals surface area contributed by atoms with Crippen LogP contribution in [0.1, 0.15) is 95.6 Å². The maximum absolute atomic E-state index is 15.2. The van der Waals surface area contributed by atoms with E-state index in [0.717, 1.165) is 49.7 Å². The van der Waals surface area contributed by atoms with E-state index in [1.165, 1.54) is 11.0 Å². The molecule has 2 bridgehead atoms. The first-order valence-electron chi connectivity index (χ1n) is 19.2. The summed E-state index contributed by atoms with van der Waals surface area (Å²) >= 11 is 0. The Morgan fingerprint density at radius 2 is 1.79 bits per heavy atom. The molecule has 13 heteroatoms. The number of nitrogens with one attached hydrogen (secondary N) is 1. The highest BCUT2D eigenvalue weighted by Crippen LogP contribution is 2.59. The number of amides is 3.